The van der Waals surface area contributed by atoms with Gasteiger partial charge in [0.2, 0.25) is 0 Å². The summed E-state index contributed by atoms with van der Waals surface area (Å²) in [4.78, 5) is 12.4. The molecule has 0 radical (unpaired) electrons. The summed E-state index contributed by atoms with van der Waals surface area (Å²) < 4.78 is 5.64. The Kier molecular flexibility index (Phi) is 5.91. The van der Waals surface area contributed by atoms with Crippen molar-refractivity contribution in [3.63, 3.8) is 0 Å². The predicted octanol–water partition coefficient (Wildman–Crippen LogP) is 6.01. The molecule has 1 aliphatic rings. The van der Waals surface area contributed by atoms with Crippen LogP contribution in [0, 0.1) is 5.92 Å². The van der Waals surface area contributed by atoms with Gasteiger partial charge in [-0.3, -0.25) is 4.79 Å². The van der Waals surface area contributed by atoms with Gasteiger partial charge in [0.1, 0.15) is 11.5 Å². The lowest BCUT2D eigenvalue weighted by atomic mass is 9.77. The van der Waals surface area contributed by atoms with E-state index in [-0.39, 0.29) is 5.92 Å². The third-order valence-corrected chi connectivity index (χ3v) is 5.29. The molecule has 0 aromatic heterocycles. The number of hydrogen-bond donors (Lipinski definition) is 0. The van der Waals surface area contributed by atoms with Crippen molar-refractivity contribution in [3.05, 3.63) is 54.1 Å². The van der Waals surface area contributed by atoms with Crippen LogP contribution in [0.1, 0.15) is 57.4 Å². The fourth-order valence-corrected chi connectivity index (χ4v) is 3.66. The lowest BCUT2D eigenvalue weighted by Gasteiger charge is -2.27. The van der Waals surface area contributed by atoms with E-state index in [2.05, 4.69) is 50.2 Å². The minimum Gasteiger partial charge on any atom is -0.494 e. The molecule has 2 aromatic rings. The van der Waals surface area contributed by atoms with Gasteiger partial charge in [0, 0.05) is 12.3 Å². The van der Waals surface area contributed by atoms with E-state index in [1.165, 1.54) is 23.1 Å². The van der Waals surface area contributed by atoms with E-state index < -0.39 is 0 Å². The molecule has 132 valence electrons. The summed E-state index contributed by atoms with van der Waals surface area (Å²) in [6.07, 6.45) is 5.06. The minimum atomic E-state index is 0.0988. The van der Waals surface area contributed by atoms with Crippen LogP contribution in [0.3, 0.4) is 0 Å². The first-order valence-electron chi connectivity index (χ1n) is 9.57. The van der Waals surface area contributed by atoms with Crippen LogP contribution in [0.15, 0.2) is 48.5 Å². The van der Waals surface area contributed by atoms with Crippen LogP contribution in [-0.4, -0.2) is 12.4 Å². The van der Waals surface area contributed by atoms with Crippen LogP contribution in [0.4, 0.5) is 0 Å². The van der Waals surface area contributed by atoms with Gasteiger partial charge in [-0.05, 0) is 54.0 Å². The van der Waals surface area contributed by atoms with Gasteiger partial charge in [0.25, 0.3) is 0 Å². The lowest BCUT2D eigenvalue weighted by molar-refractivity contribution is -0.123. The predicted molar refractivity (Wildman–Crippen MR) is 103 cm³/mol. The normalized spacial score (nSPS) is 20.5. The summed E-state index contributed by atoms with van der Waals surface area (Å²) in [5, 5.41) is 0. The Bertz CT molecular complexity index is 685. The largest absolute Gasteiger partial charge is 0.494 e. The molecule has 0 heterocycles. The van der Waals surface area contributed by atoms with Gasteiger partial charge < -0.3 is 4.74 Å². The molecule has 2 aromatic carbocycles. The Morgan fingerprint density at radius 2 is 1.56 bits per heavy atom. The zero-order valence-corrected chi connectivity index (χ0v) is 15.3. The molecule has 3 rings (SSSR count). The van der Waals surface area contributed by atoms with E-state index in [0.717, 1.165) is 38.0 Å². The van der Waals surface area contributed by atoms with Gasteiger partial charge in [-0.25, -0.2) is 0 Å². The number of hydrogen-bond acceptors (Lipinski definition) is 2. The number of carbonyl (C=O) groups is 1. The summed E-state index contributed by atoms with van der Waals surface area (Å²) in [5.74, 6) is 2.03. The summed E-state index contributed by atoms with van der Waals surface area (Å²) in [6.45, 7) is 5.05. The summed E-state index contributed by atoms with van der Waals surface area (Å²) >= 11 is 0. The molecule has 0 amide bonds. The molecule has 0 unspecified atom stereocenters. The van der Waals surface area contributed by atoms with Crippen molar-refractivity contribution in [2.75, 3.05) is 6.61 Å². The van der Waals surface area contributed by atoms with Crippen molar-refractivity contribution in [1.29, 1.82) is 0 Å². The smallest absolute Gasteiger partial charge is 0.140 e. The third-order valence-electron chi connectivity index (χ3n) is 5.29. The Labute approximate surface area is 151 Å². The molecule has 0 saturated heterocycles. The Morgan fingerprint density at radius 1 is 0.920 bits per heavy atom. The van der Waals surface area contributed by atoms with Gasteiger partial charge in [-0.1, -0.05) is 56.7 Å². The first-order valence-corrected chi connectivity index (χ1v) is 9.57. The van der Waals surface area contributed by atoms with Crippen molar-refractivity contribution in [1.82, 2.24) is 0 Å². The summed E-state index contributed by atoms with van der Waals surface area (Å²) in [7, 11) is 0. The number of benzene rings is 2. The molecule has 1 saturated carbocycles. The van der Waals surface area contributed by atoms with Crippen LogP contribution >= 0.6 is 0 Å². The van der Waals surface area contributed by atoms with E-state index in [9.17, 15) is 4.79 Å². The number of ether oxygens (including phenoxy) is 1. The molecule has 1 fully saturated rings. The first-order chi connectivity index (χ1) is 12.2. The monoisotopic (exact) mass is 336 g/mol. The summed E-state index contributed by atoms with van der Waals surface area (Å²) in [6, 6.07) is 16.8. The number of carbonyl (C=O) groups excluding carboxylic acids is 1. The minimum absolute atomic E-state index is 0.0988. The topological polar surface area (TPSA) is 26.3 Å². The molecule has 2 heteroatoms. The molecule has 0 bridgehead atoms. The zero-order chi connectivity index (χ0) is 17.6. The van der Waals surface area contributed by atoms with Gasteiger partial charge in [0.05, 0.1) is 6.61 Å². The Morgan fingerprint density at radius 3 is 2.12 bits per heavy atom. The zero-order valence-electron chi connectivity index (χ0n) is 15.3. The van der Waals surface area contributed by atoms with Crippen molar-refractivity contribution in [2.24, 2.45) is 5.92 Å². The lowest BCUT2D eigenvalue weighted by Crippen LogP contribution is -2.23. The van der Waals surface area contributed by atoms with Crippen molar-refractivity contribution in [3.8, 4) is 16.9 Å². The average molecular weight is 336 g/mol. The van der Waals surface area contributed by atoms with E-state index in [1.54, 1.807) is 0 Å². The van der Waals surface area contributed by atoms with Crippen molar-refractivity contribution in [2.45, 2.75) is 51.9 Å². The quantitative estimate of drug-likeness (QED) is 0.646. The van der Waals surface area contributed by atoms with Crippen LogP contribution in [0.25, 0.3) is 11.1 Å². The van der Waals surface area contributed by atoms with Crippen molar-refractivity contribution < 1.29 is 9.53 Å². The second kappa shape index (κ2) is 8.33. The van der Waals surface area contributed by atoms with Gasteiger partial charge >= 0.3 is 0 Å². The van der Waals surface area contributed by atoms with Crippen LogP contribution in [0.5, 0.6) is 5.75 Å². The molecule has 2 nitrogen and oxygen atoms in total. The maximum absolute atomic E-state index is 12.4. The molecule has 0 aliphatic heterocycles. The molecule has 2 atom stereocenters. The molecule has 0 spiro atoms. The van der Waals surface area contributed by atoms with Gasteiger partial charge in [-0.15, -0.1) is 0 Å². The maximum Gasteiger partial charge on any atom is 0.140 e. The Hall–Kier alpha value is -2.09. The number of ketones is 1. The fraction of sp³-hybridized carbons (Fsp3) is 0.435. The standard InChI is InChI=1S/C23H28O2/c1-3-15-25-21-12-10-19(11-13-21)18-6-8-20(9-7-18)22-14-5-17(4-2)16-23(22)24/h6-13,17,22H,3-5,14-16H2,1-2H3/t17-,22+/m0/s1. The summed E-state index contributed by atoms with van der Waals surface area (Å²) in [5.41, 5.74) is 3.53. The van der Waals surface area contributed by atoms with Crippen LogP contribution in [-0.2, 0) is 4.79 Å². The molecular weight excluding hydrogens is 308 g/mol. The van der Waals surface area contributed by atoms with Gasteiger partial charge in [-0.2, -0.15) is 0 Å². The highest BCUT2D eigenvalue weighted by Crippen LogP contribution is 2.35. The second-order valence-corrected chi connectivity index (χ2v) is 7.07. The van der Waals surface area contributed by atoms with Crippen LogP contribution < -0.4 is 4.74 Å². The average Bonchev–Trinajstić information content (AvgIpc) is 2.67. The highest BCUT2D eigenvalue weighted by Gasteiger charge is 2.28. The molecule has 0 N–H and O–H groups in total. The highest BCUT2D eigenvalue weighted by atomic mass is 16.5. The number of Topliss-reactive ketones (excluding diaryl/α,β-unsaturated/α-hetero) is 1. The van der Waals surface area contributed by atoms with E-state index in [4.69, 9.17) is 4.74 Å². The molecule has 25 heavy (non-hydrogen) atoms. The number of rotatable bonds is 6. The third kappa shape index (κ3) is 4.31. The van der Waals surface area contributed by atoms with Gasteiger partial charge in [0.15, 0.2) is 0 Å². The maximum atomic E-state index is 12.4. The van der Waals surface area contributed by atoms with Crippen LogP contribution in [0.2, 0.25) is 0 Å². The second-order valence-electron chi connectivity index (χ2n) is 7.07. The molecular formula is C23H28O2. The van der Waals surface area contributed by atoms with E-state index in [1.807, 2.05) is 12.1 Å². The van der Waals surface area contributed by atoms with E-state index >= 15 is 0 Å². The SMILES string of the molecule is CCCOc1ccc(-c2ccc([C@H]3CC[C@H](CC)CC3=O)cc2)cc1. The fourth-order valence-electron chi connectivity index (χ4n) is 3.66. The van der Waals surface area contributed by atoms with E-state index in [0.29, 0.717) is 11.7 Å². The van der Waals surface area contributed by atoms with Crippen molar-refractivity contribution >= 4 is 5.78 Å². The Balaban J connectivity index is 1.69. The first kappa shape index (κ1) is 17.7. The molecule has 1 aliphatic carbocycles. The highest BCUT2D eigenvalue weighted by molar-refractivity contribution is 5.86.